The van der Waals surface area contributed by atoms with Crippen molar-refractivity contribution in [3.05, 3.63) is 83.5 Å². The first-order valence-corrected chi connectivity index (χ1v) is 11.2. The van der Waals surface area contributed by atoms with Gasteiger partial charge in [-0.1, -0.05) is 24.3 Å². The third-order valence-corrected chi connectivity index (χ3v) is 6.37. The Morgan fingerprint density at radius 2 is 1.81 bits per heavy atom. The van der Waals surface area contributed by atoms with Crippen molar-refractivity contribution < 1.29 is 4.79 Å². The number of pyridine rings is 1. The number of anilines is 1. The van der Waals surface area contributed by atoms with Crippen LogP contribution >= 0.6 is 11.3 Å². The van der Waals surface area contributed by atoms with Gasteiger partial charge in [0.25, 0.3) is 5.91 Å². The lowest BCUT2D eigenvalue weighted by Gasteiger charge is -2.35. The molecule has 0 atom stereocenters. The van der Waals surface area contributed by atoms with Crippen molar-refractivity contribution in [2.24, 2.45) is 0 Å². The quantitative estimate of drug-likeness (QED) is 0.482. The minimum absolute atomic E-state index is 0.0506. The smallest absolute Gasteiger partial charge is 0.272 e. The summed E-state index contributed by atoms with van der Waals surface area (Å²) in [5.74, 6) is 0.627. The van der Waals surface area contributed by atoms with Crippen LogP contribution in [0.25, 0.3) is 16.3 Å². The predicted molar refractivity (Wildman–Crippen MR) is 124 cm³/mol. The van der Waals surface area contributed by atoms with E-state index in [2.05, 4.69) is 16.0 Å². The molecule has 1 aliphatic rings. The predicted octanol–water partition coefficient (Wildman–Crippen LogP) is 3.83. The van der Waals surface area contributed by atoms with Gasteiger partial charge in [0.05, 0.1) is 16.1 Å². The molecule has 3 aromatic heterocycles. The molecular formula is C24H20N6OS. The van der Waals surface area contributed by atoms with Gasteiger partial charge in [-0.25, -0.2) is 9.67 Å². The largest absolute Gasteiger partial charge is 0.352 e. The van der Waals surface area contributed by atoms with Crippen molar-refractivity contribution in [1.29, 1.82) is 5.26 Å². The van der Waals surface area contributed by atoms with Crippen LogP contribution in [-0.4, -0.2) is 51.8 Å². The lowest BCUT2D eigenvalue weighted by atomic mass is 10.2. The highest BCUT2D eigenvalue weighted by atomic mass is 32.1. The van der Waals surface area contributed by atoms with Gasteiger partial charge < -0.3 is 9.80 Å². The Kier molecular flexibility index (Phi) is 5.40. The topological polar surface area (TPSA) is 78.1 Å². The monoisotopic (exact) mass is 440 g/mol. The molecule has 158 valence electrons. The Morgan fingerprint density at radius 1 is 1.00 bits per heavy atom. The fraction of sp³-hybridized carbons (Fsp3) is 0.167. The first kappa shape index (κ1) is 20.0. The molecule has 1 saturated heterocycles. The Hall–Kier alpha value is -3.96. The number of benzene rings is 1. The second-order valence-electron chi connectivity index (χ2n) is 7.41. The third kappa shape index (κ3) is 3.74. The van der Waals surface area contributed by atoms with Crippen LogP contribution < -0.4 is 4.90 Å². The van der Waals surface area contributed by atoms with Crippen LogP contribution in [0.3, 0.4) is 0 Å². The van der Waals surface area contributed by atoms with E-state index in [4.69, 9.17) is 5.10 Å². The number of para-hydroxylation sites is 1. The first-order chi connectivity index (χ1) is 15.7. The van der Waals surface area contributed by atoms with Crippen LogP contribution in [0, 0.1) is 11.3 Å². The van der Waals surface area contributed by atoms with Crippen LogP contribution in [0.4, 0.5) is 5.82 Å². The fourth-order valence-corrected chi connectivity index (χ4v) is 4.55. The van der Waals surface area contributed by atoms with Crippen LogP contribution in [-0.2, 0) is 0 Å². The molecule has 1 fully saturated rings. The number of piperazine rings is 1. The lowest BCUT2D eigenvalue weighted by Crippen LogP contribution is -2.49. The van der Waals surface area contributed by atoms with Crippen molar-refractivity contribution in [2.75, 3.05) is 31.1 Å². The van der Waals surface area contributed by atoms with Gasteiger partial charge in [-0.3, -0.25) is 4.79 Å². The summed E-state index contributed by atoms with van der Waals surface area (Å²) in [5, 5.41) is 16.1. The maximum Gasteiger partial charge on any atom is 0.272 e. The highest BCUT2D eigenvalue weighted by Crippen LogP contribution is 2.27. The molecular weight excluding hydrogens is 420 g/mol. The van der Waals surface area contributed by atoms with Crippen molar-refractivity contribution >= 4 is 23.1 Å². The van der Waals surface area contributed by atoms with Gasteiger partial charge in [0.2, 0.25) is 0 Å². The summed E-state index contributed by atoms with van der Waals surface area (Å²) >= 11 is 1.60. The molecule has 4 aromatic rings. The van der Waals surface area contributed by atoms with Gasteiger partial charge in [0.15, 0.2) is 0 Å². The summed E-state index contributed by atoms with van der Waals surface area (Å²) in [5.41, 5.74) is 2.74. The van der Waals surface area contributed by atoms with E-state index in [9.17, 15) is 10.1 Å². The van der Waals surface area contributed by atoms with Crippen molar-refractivity contribution in [2.45, 2.75) is 0 Å². The van der Waals surface area contributed by atoms with Gasteiger partial charge in [0.1, 0.15) is 23.3 Å². The van der Waals surface area contributed by atoms with Crippen LogP contribution in [0.5, 0.6) is 0 Å². The van der Waals surface area contributed by atoms with Crippen LogP contribution in [0.15, 0.2) is 72.2 Å². The van der Waals surface area contributed by atoms with Crippen molar-refractivity contribution in [3.63, 3.8) is 0 Å². The first-order valence-electron chi connectivity index (χ1n) is 10.3. The van der Waals surface area contributed by atoms with Gasteiger partial charge in [-0.05, 0) is 41.8 Å². The molecule has 0 N–H and O–H groups in total. The number of aromatic nitrogens is 3. The maximum atomic E-state index is 13.5. The summed E-state index contributed by atoms with van der Waals surface area (Å²) in [6.45, 7) is 2.34. The highest BCUT2D eigenvalue weighted by Gasteiger charge is 2.27. The second kappa shape index (κ2) is 8.65. The summed E-state index contributed by atoms with van der Waals surface area (Å²) in [4.78, 5) is 22.8. The number of hydrogen-bond acceptors (Lipinski definition) is 6. The van der Waals surface area contributed by atoms with E-state index in [0.29, 0.717) is 43.3 Å². The number of hydrogen-bond donors (Lipinski definition) is 0. The van der Waals surface area contributed by atoms with E-state index >= 15 is 0 Å². The van der Waals surface area contributed by atoms with Crippen LogP contribution in [0.1, 0.15) is 16.1 Å². The second-order valence-corrected chi connectivity index (χ2v) is 8.35. The average molecular weight is 441 g/mol. The number of nitriles is 1. The zero-order valence-electron chi connectivity index (χ0n) is 17.3. The highest BCUT2D eigenvalue weighted by molar-refractivity contribution is 7.13. The van der Waals surface area contributed by atoms with Crippen molar-refractivity contribution in [1.82, 2.24) is 19.7 Å². The number of carbonyl (C=O) groups excluding carboxylic acids is 1. The maximum absolute atomic E-state index is 13.5. The van der Waals surface area contributed by atoms with Gasteiger partial charge in [0, 0.05) is 32.4 Å². The molecule has 0 radical (unpaired) electrons. The van der Waals surface area contributed by atoms with E-state index < -0.39 is 0 Å². The molecule has 0 spiro atoms. The zero-order chi connectivity index (χ0) is 21.9. The summed E-state index contributed by atoms with van der Waals surface area (Å²) in [7, 11) is 0. The van der Waals surface area contributed by atoms with Crippen LogP contribution in [0.2, 0.25) is 0 Å². The molecule has 1 amide bonds. The number of carbonyl (C=O) groups is 1. The fourth-order valence-electron chi connectivity index (χ4n) is 3.86. The van der Waals surface area contributed by atoms with Gasteiger partial charge >= 0.3 is 0 Å². The Labute approximate surface area is 189 Å². The number of rotatable bonds is 4. The SMILES string of the molecule is N#Cc1cccnc1N1CCN(C(=O)c2cc(-c3cccs3)nn2-c2ccccc2)CC1. The molecule has 0 unspecified atom stereocenters. The summed E-state index contributed by atoms with van der Waals surface area (Å²) < 4.78 is 1.73. The molecule has 1 aromatic carbocycles. The molecule has 32 heavy (non-hydrogen) atoms. The summed E-state index contributed by atoms with van der Waals surface area (Å²) in [6, 6.07) is 21.3. The molecule has 0 aliphatic carbocycles. The van der Waals surface area contributed by atoms with E-state index in [-0.39, 0.29) is 5.91 Å². The molecule has 0 saturated carbocycles. The molecule has 1 aliphatic heterocycles. The van der Waals surface area contributed by atoms with E-state index in [1.54, 1.807) is 34.3 Å². The number of nitrogens with zero attached hydrogens (tertiary/aromatic N) is 6. The molecule has 8 heteroatoms. The third-order valence-electron chi connectivity index (χ3n) is 5.48. The Bertz CT molecular complexity index is 1270. The number of amides is 1. The summed E-state index contributed by atoms with van der Waals surface area (Å²) in [6.07, 6.45) is 1.69. The minimum Gasteiger partial charge on any atom is -0.352 e. The van der Waals surface area contributed by atoms with Crippen molar-refractivity contribution in [3.8, 4) is 22.3 Å². The standard InChI is InChI=1S/C24H20N6OS/c25-17-18-6-4-10-26-23(18)28-11-13-29(14-12-28)24(31)21-16-20(22-9-5-15-32-22)27-30(21)19-7-2-1-3-8-19/h1-10,15-16H,11-14H2. The Morgan fingerprint density at radius 3 is 2.53 bits per heavy atom. The molecule has 0 bridgehead atoms. The van der Waals surface area contributed by atoms with E-state index in [0.717, 1.165) is 16.3 Å². The average Bonchev–Trinajstić information content (AvgIpc) is 3.55. The Balaban J connectivity index is 1.41. The van der Waals surface area contributed by atoms with E-state index in [1.807, 2.05) is 58.8 Å². The molecule has 4 heterocycles. The minimum atomic E-state index is -0.0506. The zero-order valence-corrected chi connectivity index (χ0v) is 18.1. The lowest BCUT2D eigenvalue weighted by molar-refractivity contribution is 0.0737. The normalized spacial score (nSPS) is 13.7. The number of thiophene rings is 1. The molecule has 5 rings (SSSR count). The van der Waals surface area contributed by atoms with E-state index in [1.165, 1.54) is 0 Å². The molecule has 7 nitrogen and oxygen atoms in total. The van der Waals surface area contributed by atoms with Gasteiger partial charge in [-0.2, -0.15) is 10.4 Å². The van der Waals surface area contributed by atoms with Gasteiger partial charge in [-0.15, -0.1) is 11.3 Å².